The number of ether oxygens (including phenoxy) is 3. The van der Waals surface area contributed by atoms with Gasteiger partial charge in [0.1, 0.15) is 29.9 Å². The van der Waals surface area contributed by atoms with Gasteiger partial charge in [-0.3, -0.25) is 19.3 Å². The highest BCUT2D eigenvalue weighted by Crippen LogP contribution is 2.44. The Kier molecular flexibility index (Phi) is 10.2. The molecule has 2 fully saturated rings. The van der Waals surface area contributed by atoms with Crippen LogP contribution in [0.25, 0.3) is 0 Å². The van der Waals surface area contributed by atoms with Gasteiger partial charge in [-0.2, -0.15) is 0 Å². The number of amides is 2. The van der Waals surface area contributed by atoms with Gasteiger partial charge in [0.25, 0.3) is 11.8 Å². The molecule has 2 amide bonds. The molecule has 1 aromatic heterocycles. The summed E-state index contributed by atoms with van der Waals surface area (Å²) in [6.45, 7) is 5.88. The van der Waals surface area contributed by atoms with Crippen molar-refractivity contribution < 1.29 is 38.2 Å². The summed E-state index contributed by atoms with van der Waals surface area (Å²) >= 11 is 4.07. The molecule has 3 aliphatic heterocycles. The van der Waals surface area contributed by atoms with Crippen LogP contribution in [0, 0.1) is 11.3 Å². The highest BCUT2D eigenvalue weighted by atomic mass is 32.2. The second kappa shape index (κ2) is 13.4. The number of nitrogens with two attached hydrogens (primary N) is 1. The number of aromatic nitrogens is 1. The molecule has 0 spiro atoms. The van der Waals surface area contributed by atoms with Crippen molar-refractivity contribution in [1.82, 2.24) is 15.2 Å². The molecule has 41 heavy (non-hydrogen) atoms. The number of carbonyl (C=O) groups excluding carboxylic acids is 4. The van der Waals surface area contributed by atoms with Crippen LogP contribution in [0.1, 0.15) is 39.3 Å². The summed E-state index contributed by atoms with van der Waals surface area (Å²) in [4.78, 5) is 62.8. The number of esters is 2. The summed E-state index contributed by atoms with van der Waals surface area (Å²) in [5.74, 6) is -0.831. The highest BCUT2D eigenvalue weighted by Gasteiger charge is 2.55. The maximum absolute atomic E-state index is 13.4. The van der Waals surface area contributed by atoms with Crippen LogP contribution < -0.4 is 11.1 Å². The lowest BCUT2D eigenvalue weighted by Gasteiger charge is -2.49. The normalized spacial score (nSPS) is 21.6. The van der Waals surface area contributed by atoms with E-state index in [1.165, 1.54) is 35.5 Å². The second-order valence-electron chi connectivity index (χ2n) is 10.4. The molecule has 0 bridgehead atoms. The van der Waals surface area contributed by atoms with E-state index in [9.17, 15) is 19.2 Å². The summed E-state index contributed by atoms with van der Waals surface area (Å²) in [7, 11) is 1.29. The minimum absolute atomic E-state index is 0.103. The first-order valence-electron chi connectivity index (χ1n) is 12.9. The maximum Gasteiger partial charge on any atom is 0.358 e. The minimum Gasteiger partial charge on any atom is -0.427 e. The van der Waals surface area contributed by atoms with Crippen molar-refractivity contribution in [2.75, 3.05) is 44.4 Å². The van der Waals surface area contributed by atoms with Crippen LogP contribution in [-0.2, 0) is 38.2 Å². The van der Waals surface area contributed by atoms with Gasteiger partial charge in [0.15, 0.2) is 10.8 Å². The molecule has 13 nitrogen and oxygen atoms in total. The number of hydrogen-bond donors (Lipinski definition) is 2. The Bertz CT molecular complexity index is 1240. The number of oxime groups is 1. The van der Waals surface area contributed by atoms with E-state index in [0.29, 0.717) is 29.8 Å². The zero-order valence-corrected chi connectivity index (χ0v) is 25.6. The fraction of sp³-hybridized carbons (Fsp3) is 0.600. The van der Waals surface area contributed by atoms with Crippen LogP contribution in [0.15, 0.2) is 21.1 Å². The smallest absolute Gasteiger partial charge is 0.358 e. The molecule has 2 saturated heterocycles. The average molecular weight is 628 g/mol. The lowest BCUT2D eigenvalue weighted by Crippen LogP contribution is -2.71. The minimum atomic E-state index is -0.922. The van der Waals surface area contributed by atoms with Gasteiger partial charge >= 0.3 is 11.9 Å². The second-order valence-corrected chi connectivity index (χ2v) is 13.5. The molecule has 4 heterocycles. The molecule has 224 valence electrons. The first-order chi connectivity index (χ1) is 19.5. The number of carbonyl (C=O) groups is 4. The molecule has 3 N–H and O–H groups in total. The topological polar surface area (TPSA) is 172 Å². The molecule has 3 aliphatic rings. The third-order valence-electron chi connectivity index (χ3n) is 6.40. The number of anilines is 1. The average Bonchev–Trinajstić information content (AvgIpc) is 3.38. The standard InChI is InChI=1S/C25H33N5O8S3/c1-25(2,3)23(34)38-12-37-22(33)18-15(39-9-13-5-7-36-8-6-13)11-40-21-17(20(32)30(18)21)28-19(31)16(29-35-4)14-10-41-24(26)27-14/h10,13,17,21H,5-9,11-12H2,1-4H3,(H2,26,27)(H,28,31)/b29-16-. The summed E-state index contributed by atoms with van der Waals surface area (Å²) in [5, 5.41) is 7.70. The van der Waals surface area contributed by atoms with Crippen LogP contribution in [0.4, 0.5) is 5.13 Å². The van der Waals surface area contributed by atoms with Crippen molar-refractivity contribution in [3.63, 3.8) is 0 Å². The Balaban J connectivity index is 1.49. The van der Waals surface area contributed by atoms with E-state index in [2.05, 4.69) is 15.5 Å². The summed E-state index contributed by atoms with van der Waals surface area (Å²) in [6, 6.07) is -0.922. The lowest BCUT2D eigenvalue weighted by atomic mass is 9.98. The van der Waals surface area contributed by atoms with Crippen molar-refractivity contribution >= 4 is 69.5 Å². The van der Waals surface area contributed by atoms with Crippen molar-refractivity contribution in [3.05, 3.63) is 21.7 Å². The van der Waals surface area contributed by atoms with Gasteiger partial charge in [-0.25, -0.2) is 9.78 Å². The zero-order chi connectivity index (χ0) is 29.7. The van der Waals surface area contributed by atoms with Gasteiger partial charge in [-0.1, -0.05) is 5.16 Å². The molecule has 2 atom stereocenters. The van der Waals surface area contributed by atoms with Crippen LogP contribution in [0.3, 0.4) is 0 Å². The van der Waals surface area contributed by atoms with E-state index < -0.39 is 47.4 Å². The monoisotopic (exact) mass is 627 g/mol. The fourth-order valence-electron chi connectivity index (χ4n) is 4.15. The molecule has 4 rings (SSSR count). The number of thiazole rings is 1. The van der Waals surface area contributed by atoms with Crippen molar-refractivity contribution in [1.29, 1.82) is 0 Å². The van der Waals surface area contributed by atoms with E-state index in [1.54, 1.807) is 26.2 Å². The Morgan fingerprint density at radius 2 is 2.00 bits per heavy atom. The molecular formula is C25H33N5O8S3. The third-order valence-corrected chi connectivity index (χ3v) is 9.86. The molecule has 0 aromatic carbocycles. The predicted molar refractivity (Wildman–Crippen MR) is 155 cm³/mol. The lowest BCUT2D eigenvalue weighted by molar-refractivity contribution is -0.173. The van der Waals surface area contributed by atoms with E-state index >= 15 is 0 Å². The number of thioether (sulfide) groups is 2. The number of β-lactam (4-membered cyclic amide) rings is 1. The van der Waals surface area contributed by atoms with Gasteiger partial charge in [-0.15, -0.1) is 34.9 Å². The van der Waals surface area contributed by atoms with Gasteiger partial charge < -0.3 is 30.1 Å². The van der Waals surface area contributed by atoms with Crippen LogP contribution in [-0.4, -0.2) is 89.4 Å². The number of hydrogen-bond acceptors (Lipinski definition) is 14. The summed E-state index contributed by atoms with van der Waals surface area (Å²) in [6.07, 6.45) is 1.84. The first kappa shape index (κ1) is 31.1. The number of nitrogens with zero attached hydrogens (tertiary/aromatic N) is 3. The zero-order valence-electron chi connectivity index (χ0n) is 23.2. The Morgan fingerprint density at radius 3 is 2.63 bits per heavy atom. The molecular weight excluding hydrogens is 595 g/mol. The van der Waals surface area contributed by atoms with Crippen molar-refractivity contribution in [2.45, 2.75) is 45.0 Å². The number of rotatable bonds is 10. The molecule has 0 aliphatic carbocycles. The molecule has 16 heteroatoms. The van der Waals surface area contributed by atoms with Crippen LogP contribution in [0.5, 0.6) is 0 Å². The van der Waals surface area contributed by atoms with Gasteiger partial charge in [0.05, 0.1) is 5.41 Å². The third kappa shape index (κ3) is 7.34. The Hall–Kier alpha value is -2.82. The Labute approximate surface area is 249 Å². The fourth-order valence-corrected chi connectivity index (χ4v) is 7.51. The van der Waals surface area contributed by atoms with Crippen LogP contribution in [0.2, 0.25) is 0 Å². The van der Waals surface area contributed by atoms with E-state index in [-0.39, 0.29) is 22.2 Å². The number of nitrogen functional groups attached to an aromatic ring is 1. The van der Waals surface area contributed by atoms with Gasteiger partial charge in [0.2, 0.25) is 6.79 Å². The van der Waals surface area contributed by atoms with E-state index in [0.717, 1.165) is 29.9 Å². The number of fused-ring (bicyclic) bond motifs is 1. The largest absolute Gasteiger partial charge is 0.427 e. The van der Waals surface area contributed by atoms with Gasteiger partial charge in [0, 0.05) is 35.0 Å². The van der Waals surface area contributed by atoms with Crippen molar-refractivity contribution in [2.24, 2.45) is 16.5 Å². The van der Waals surface area contributed by atoms with E-state index in [1.807, 2.05) is 0 Å². The molecule has 2 unspecified atom stereocenters. The number of nitrogens with one attached hydrogen (secondary N) is 1. The van der Waals surface area contributed by atoms with E-state index in [4.69, 9.17) is 24.8 Å². The first-order valence-corrected chi connectivity index (χ1v) is 15.8. The SMILES string of the molecule is CO/N=C(\C(=O)NC1C(=O)N2C(C(=O)OCOC(=O)C(C)(C)C)=C(SCC3CCOCC3)CSC12)c1csc(N)n1. The molecule has 1 aromatic rings. The molecule has 0 radical (unpaired) electrons. The van der Waals surface area contributed by atoms with Gasteiger partial charge in [-0.05, 0) is 39.5 Å². The van der Waals surface area contributed by atoms with Crippen molar-refractivity contribution in [3.8, 4) is 0 Å². The quantitative estimate of drug-likeness (QED) is 0.127. The predicted octanol–water partition coefficient (Wildman–Crippen LogP) is 1.94. The van der Waals surface area contributed by atoms with Crippen LogP contribution >= 0.6 is 34.9 Å². The molecule has 0 saturated carbocycles. The maximum atomic E-state index is 13.4. The highest BCUT2D eigenvalue weighted by molar-refractivity contribution is 8.06. The summed E-state index contributed by atoms with van der Waals surface area (Å²) < 4.78 is 15.8. The summed E-state index contributed by atoms with van der Waals surface area (Å²) in [5.41, 5.74) is 5.12. The Morgan fingerprint density at radius 1 is 1.27 bits per heavy atom.